The predicted molar refractivity (Wildman–Crippen MR) is 80.7 cm³/mol. The van der Waals surface area contributed by atoms with Crippen molar-refractivity contribution in [1.82, 2.24) is 5.32 Å². The number of rotatable bonds is 3. The van der Waals surface area contributed by atoms with Crippen molar-refractivity contribution >= 4 is 0 Å². The molecule has 2 N–H and O–H groups in total. The Morgan fingerprint density at radius 3 is 2.81 bits per heavy atom. The Hall–Kier alpha value is -2.04. The molecular formula is C17H19NO3. The van der Waals surface area contributed by atoms with Crippen LogP contribution in [-0.4, -0.2) is 25.8 Å². The first kappa shape index (κ1) is 13.9. The number of hydrogen-bond donors (Lipinski definition) is 2. The lowest BCUT2D eigenvalue weighted by molar-refractivity contribution is 0.0813. The van der Waals surface area contributed by atoms with Gasteiger partial charge in [-0.15, -0.1) is 0 Å². The largest absolute Gasteiger partial charge is 0.497 e. The molecule has 2 aromatic carbocycles. The maximum Gasteiger partial charge on any atom is 0.131 e. The molecule has 1 aliphatic rings. The van der Waals surface area contributed by atoms with Crippen LogP contribution in [0.25, 0.3) is 0 Å². The number of fused-ring (bicyclic) bond motifs is 2. The van der Waals surface area contributed by atoms with Gasteiger partial charge in [-0.3, -0.25) is 0 Å². The molecule has 0 aliphatic carbocycles. The maximum atomic E-state index is 11.4. The summed E-state index contributed by atoms with van der Waals surface area (Å²) in [6.07, 6.45) is 0. The first-order chi connectivity index (χ1) is 10.2. The van der Waals surface area contributed by atoms with Crippen molar-refractivity contribution in [3.05, 3.63) is 59.2 Å². The van der Waals surface area contributed by atoms with Gasteiger partial charge in [-0.2, -0.15) is 0 Å². The van der Waals surface area contributed by atoms with E-state index in [9.17, 15) is 5.11 Å². The number of nitrogens with one attached hydrogen (secondary N) is 1. The lowest BCUT2D eigenvalue weighted by Crippen LogP contribution is -2.38. The average Bonchev–Trinajstić information content (AvgIpc) is 2.64. The van der Waals surface area contributed by atoms with E-state index >= 15 is 0 Å². The first-order valence-corrected chi connectivity index (χ1v) is 6.95. The highest BCUT2D eigenvalue weighted by atomic mass is 16.5. The molecule has 0 saturated carbocycles. The van der Waals surface area contributed by atoms with E-state index in [2.05, 4.69) is 5.32 Å². The SMILES string of the molecule is CNCC1(O)c2cc(OC)ccc2COc2ccccc21. The van der Waals surface area contributed by atoms with Gasteiger partial charge in [0.25, 0.3) is 0 Å². The standard InChI is InChI=1S/C17H19NO3/c1-18-11-17(19)14-5-3-4-6-16(14)21-10-12-7-8-13(20-2)9-15(12)17/h3-9,18-19H,10-11H2,1-2H3. The van der Waals surface area contributed by atoms with Crippen molar-refractivity contribution in [2.45, 2.75) is 12.2 Å². The third-order valence-corrected chi connectivity index (χ3v) is 3.91. The molecule has 110 valence electrons. The van der Waals surface area contributed by atoms with Gasteiger partial charge >= 0.3 is 0 Å². The minimum absolute atomic E-state index is 0.396. The van der Waals surface area contributed by atoms with Crippen LogP contribution in [0, 0.1) is 0 Å². The van der Waals surface area contributed by atoms with E-state index in [0.29, 0.717) is 18.9 Å². The Bertz CT molecular complexity index is 656. The molecule has 0 fully saturated rings. The number of hydrogen-bond acceptors (Lipinski definition) is 4. The van der Waals surface area contributed by atoms with Gasteiger partial charge in [0.05, 0.1) is 7.11 Å². The minimum Gasteiger partial charge on any atom is -0.497 e. The van der Waals surface area contributed by atoms with Gasteiger partial charge in [0.1, 0.15) is 23.7 Å². The molecule has 21 heavy (non-hydrogen) atoms. The second-order valence-corrected chi connectivity index (χ2v) is 5.20. The quantitative estimate of drug-likeness (QED) is 0.906. The summed E-state index contributed by atoms with van der Waals surface area (Å²) < 4.78 is 11.2. The lowest BCUT2D eigenvalue weighted by Gasteiger charge is -2.30. The van der Waals surface area contributed by atoms with Crippen molar-refractivity contribution in [2.24, 2.45) is 0 Å². The van der Waals surface area contributed by atoms with Gasteiger partial charge in [-0.25, -0.2) is 0 Å². The molecule has 0 aromatic heterocycles. The molecule has 4 heteroatoms. The van der Waals surface area contributed by atoms with E-state index in [1.807, 2.05) is 49.5 Å². The molecular weight excluding hydrogens is 266 g/mol. The zero-order valence-corrected chi connectivity index (χ0v) is 12.2. The van der Waals surface area contributed by atoms with Gasteiger partial charge in [-0.1, -0.05) is 24.3 Å². The van der Waals surface area contributed by atoms with Crippen LogP contribution in [0.1, 0.15) is 16.7 Å². The number of ether oxygens (including phenoxy) is 2. The minimum atomic E-state index is -1.15. The van der Waals surface area contributed by atoms with Gasteiger partial charge in [-0.05, 0) is 36.4 Å². The number of benzene rings is 2. The van der Waals surface area contributed by atoms with Crippen molar-refractivity contribution < 1.29 is 14.6 Å². The van der Waals surface area contributed by atoms with Crippen LogP contribution >= 0.6 is 0 Å². The van der Waals surface area contributed by atoms with Crippen molar-refractivity contribution in [1.29, 1.82) is 0 Å². The first-order valence-electron chi connectivity index (χ1n) is 6.95. The third-order valence-electron chi connectivity index (χ3n) is 3.91. The van der Waals surface area contributed by atoms with Crippen LogP contribution in [0.5, 0.6) is 11.5 Å². The molecule has 4 nitrogen and oxygen atoms in total. The molecule has 0 spiro atoms. The maximum absolute atomic E-state index is 11.4. The molecule has 1 atom stereocenters. The average molecular weight is 285 g/mol. The van der Waals surface area contributed by atoms with E-state index in [-0.39, 0.29) is 0 Å². The smallest absolute Gasteiger partial charge is 0.131 e. The number of aliphatic hydroxyl groups is 1. The highest BCUT2D eigenvalue weighted by Crippen LogP contribution is 2.41. The summed E-state index contributed by atoms with van der Waals surface area (Å²) in [4.78, 5) is 0. The number of methoxy groups -OCH3 is 1. The van der Waals surface area contributed by atoms with Gasteiger partial charge in [0.2, 0.25) is 0 Å². The van der Waals surface area contributed by atoms with Crippen molar-refractivity contribution in [3.63, 3.8) is 0 Å². The Kier molecular flexibility index (Phi) is 3.57. The van der Waals surface area contributed by atoms with Gasteiger partial charge < -0.3 is 19.9 Å². The molecule has 1 unspecified atom stereocenters. The molecule has 0 radical (unpaired) electrons. The molecule has 0 saturated heterocycles. The highest BCUT2D eigenvalue weighted by molar-refractivity contribution is 5.51. The topological polar surface area (TPSA) is 50.7 Å². The van der Waals surface area contributed by atoms with E-state index in [1.165, 1.54) is 0 Å². The van der Waals surface area contributed by atoms with Crippen LogP contribution in [0.15, 0.2) is 42.5 Å². The van der Waals surface area contributed by atoms with Gasteiger partial charge in [0.15, 0.2) is 0 Å². The molecule has 1 heterocycles. The predicted octanol–water partition coefficient (Wildman–Crippen LogP) is 2.04. The number of likely N-dealkylation sites (N-methyl/N-ethyl adjacent to an activating group) is 1. The zero-order chi connectivity index (χ0) is 14.9. The Labute approximate surface area is 124 Å². The Balaban J connectivity index is 2.24. The van der Waals surface area contributed by atoms with Crippen molar-refractivity contribution in [2.75, 3.05) is 20.7 Å². The second kappa shape index (κ2) is 5.39. The monoisotopic (exact) mass is 285 g/mol. The summed E-state index contributed by atoms with van der Waals surface area (Å²) in [6, 6.07) is 13.3. The molecule has 2 aromatic rings. The number of para-hydroxylation sites is 1. The lowest BCUT2D eigenvalue weighted by atomic mass is 9.83. The summed E-state index contributed by atoms with van der Waals surface area (Å²) in [5, 5.41) is 14.5. The van der Waals surface area contributed by atoms with Gasteiger partial charge in [0, 0.05) is 12.1 Å². The fourth-order valence-electron chi connectivity index (χ4n) is 2.87. The summed E-state index contributed by atoms with van der Waals surface area (Å²) in [5.41, 5.74) is 1.41. The van der Waals surface area contributed by atoms with Crippen LogP contribution in [-0.2, 0) is 12.2 Å². The van der Waals surface area contributed by atoms with Crippen LogP contribution in [0.3, 0.4) is 0 Å². The van der Waals surface area contributed by atoms with E-state index < -0.39 is 5.60 Å². The summed E-state index contributed by atoms with van der Waals surface area (Å²) in [6.45, 7) is 0.829. The van der Waals surface area contributed by atoms with Crippen LogP contribution in [0.4, 0.5) is 0 Å². The fraction of sp³-hybridized carbons (Fsp3) is 0.294. The molecule has 3 rings (SSSR count). The Morgan fingerprint density at radius 1 is 1.24 bits per heavy atom. The van der Waals surface area contributed by atoms with E-state index in [0.717, 1.165) is 22.4 Å². The molecule has 0 bridgehead atoms. The zero-order valence-electron chi connectivity index (χ0n) is 12.2. The summed E-state index contributed by atoms with van der Waals surface area (Å²) in [5.74, 6) is 1.44. The van der Waals surface area contributed by atoms with Crippen LogP contribution in [0.2, 0.25) is 0 Å². The van der Waals surface area contributed by atoms with Crippen LogP contribution < -0.4 is 14.8 Å². The third kappa shape index (κ3) is 2.26. The van der Waals surface area contributed by atoms with E-state index in [4.69, 9.17) is 9.47 Å². The molecule has 1 aliphatic heterocycles. The normalized spacial score (nSPS) is 20.0. The van der Waals surface area contributed by atoms with E-state index in [1.54, 1.807) is 7.11 Å². The highest BCUT2D eigenvalue weighted by Gasteiger charge is 2.38. The summed E-state index contributed by atoms with van der Waals surface area (Å²) >= 11 is 0. The molecule has 0 amide bonds. The second-order valence-electron chi connectivity index (χ2n) is 5.20. The van der Waals surface area contributed by atoms with Crippen molar-refractivity contribution in [3.8, 4) is 11.5 Å². The summed E-state index contributed by atoms with van der Waals surface area (Å²) in [7, 11) is 3.45. The fourth-order valence-corrected chi connectivity index (χ4v) is 2.87. The Morgan fingerprint density at radius 2 is 2.05 bits per heavy atom.